The first-order chi connectivity index (χ1) is 11.7. The van der Waals surface area contributed by atoms with Crippen LogP contribution in [0.1, 0.15) is 10.4 Å². The van der Waals surface area contributed by atoms with E-state index in [1.165, 1.54) is 24.3 Å². The average Bonchev–Trinajstić information content (AvgIpc) is 3.09. The van der Waals surface area contributed by atoms with Crippen molar-refractivity contribution in [2.45, 2.75) is 5.22 Å². The first kappa shape index (κ1) is 16.2. The van der Waals surface area contributed by atoms with Crippen LogP contribution in [-0.4, -0.2) is 28.8 Å². The van der Waals surface area contributed by atoms with Crippen molar-refractivity contribution < 1.29 is 18.3 Å². The van der Waals surface area contributed by atoms with Crippen LogP contribution in [0.25, 0.3) is 11.5 Å². The maximum Gasteiger partial charge on any atom is 0.277 e. The maximum atomic E-state index is 12.9. The molecule has 122 valence electrons. The molecule has 0 aliphatic rings. The van der Waals surface area contributed by atoms with Crippen LogP contribution in [0.3, 0.4) is 0 Å². The van der Waals surface area contributed by atoms with Crippen LogP contribution in [0.2, 0.25) is 0 Å². The zero-order chi connectivity index (χ0) is 16.9. The van der Waals surface area contributed by atoms with Gasteiger partial charge >= 0.3 is 0 Å². The van der Waals surface area contributed by atoms with E-state index in [9.17, 15) is 9.18 Å². The Morgan fingerprint density at radius 2 is 1.92 bits per heavy atom. The number of halogens is 1. The second kappa shape index (κ2) is 7.27. The maximum absolute atomic E-state index is 12.9. The second-order valence-corrected chi connectivity index (χ2v) is 5.72. The number of benzene rings is 2. The number of ether oxygens (including phenoxy) is 1. The van der Waals surface area contributed by atoms with Gasteiger partial charge < -0.3 is 9.15 Å². The number of ketones is 1. The van der Waals surface area contributed by atoms with Gasteiger partial charge in [-0.15, -0.1) is 10.2 Å². The zero-order valence-electron chi connectivity index (χ0n) is 12.7. The monoisotopic (exact) mass is 344 g/mol. The summed E-state index contributed by atoms with van der Waals surface area (Å²) in [5, 5.41) is 8.19. The summed E-state index contributed by atoms with van der Waals surface area (Å²) < 4.78 is 23.7. The lowest BCUT2D eigenvalue weighted by atomic mass is 10.1. The van der Waals surface area contributed by atoms with Gasteiger partial charge in [-0.2, -0.15) is 0 Å². The number of nitrogens with zero attached hydrogens (tertiary/aromatic N) is 2. The Bertz CT molecular complexity index is 849. The van der Waals surface area contributed by atoms with Crippen LogP contribution < -0.4 is 4.74 Å². The van der Waals surface area contributed by atoms with Crippen LogP contribution in [0, 0.1) is 5.82 Å². The molecule has 0 saturated heterocycles. The summed E-state index contributed by atoms with van der Waals surface area (Å²) in [5.41, 5.74) is 1.12. The molecule has 24 heavy (non-hydrogen) atoms. The number of hydrogen-bond donors (Lipinski definition) is 0. The first-order valence-electron chi connectivity index (χ1n) is 7.06. The molecule has 0 unspecified atom stereocenters. The van der Waals surface area contributed by atoms with Crippen molar-refractivity contribution in [2.24, 2.45) is 0 Å². The van der Waals surface area contributed by atoms with Gasteiger partial charge in [0.2, 0.25) is 0 Å². The van der Waals surface area contributed by atoms with E-state index in [2.05, 4.69) is 10.2 Å². The number of aromatic nitrogens is 2. The largest absolute Gasteiger partial charge is 0.496 e. The molecule has 1 aromatic heterocycles. The second-order valence-electron chi connectivity index (χ2n) is 4.79. The van der Waals surface area contributed by atoms with Gasteiger partial charge in [-0.3, -0.25) is 4.79 Å². The van der Waals surface area contributed by atoms with Crippen molar-refractivity contribution in [1.29, 1.82) is 0 Å². The summed E-state index contributed by atoms with van der Waals surface area (Å²) in [4.78, 5) is 12.1. The van der Waals surface area contributed by atoms with Gasteiger partial charge in [0.15, 0.2) is 5.78 Å². The predicted octanol–water partition coefficient (Wildman–Crippen LogP) is 3.86. The summed E-state index contributed by atoms with van der Waals surface area (Å²) in [6.45, 7) is 0. The lowest BCUT2D eigenvalue weighted by molar-refractivity contribution is 0.102. The summed E-state index contributed by atoms with van der Waals surface area (Å²) >= 11 is 1.13. The minimum atomic E-state index is -0.377. The van der Waals surface area contributed by atoms with Crippen molar-refractivity contribution in [1.82, 2.24) is 10.2 Å². The van der Waals surface area contributed by atoms with Gasteiger partial charge in [0.1, 0.15) is 11.6 Å². The summed E-state index contributed by atoms with van der Waals surface area (Å²) in [5.74, 6) is 0.554. The fourth-order valence-corrected chi connectivity index (χ4v) is 2.70. The molecule has 0 radical (unpaired) electrons. The van der Waals surface area contributed by atoms with E-state index >= 15 is 0 Å². The van der Waals surface area contributed by atoms with Crippen molar-refractivity contribution in [3.63, 3.8) is 0 Å². The van der Waals surface area contributed by atoms with E-state index in [0.717, 1.165) is 11.8 Å². The Labute approximate surface area is 141 Å². The first-order valence-corrected chi connectivity index (χ1v) is 8.04. The minimum absolute atomic E-state index is 0.124. The average molecular weight is 344 g/mol. The molecule has 0 fully saturated rings. The Kier molecular flexibility index (Phi) is 4.90. The summed E-state index contributed by atoms with van der Waals surface area (Å²) in [6, 6.07) is 12.7. The molecule has 1 heterocycles. The third-order valence-electron chi connectivity index (χ3n) is 3.24. The molecule has 0 aliphatic heterocycles. The van der Waals surface area contributed by atoms with Crippen molar-refractivity contribution in [2.75, 3.05) is 12.9 Å². The van der Waals surface area contributed by atoms with Crippen molar-refractivity contribution >= 4 is 17.5 Å². The number of carbonyl (C=O) groups is 1. The van der Waals surface area contributed by atoms with Crippen LogP contribution in [0.4, 0.5) is 4.39 Å². The standard InChI is InChI=1S/C17H13FN2O3S/c1-22-15-5-3-2-4-13(15)16-19-20-17(23-16)24-10-14(21)11-6-8-12(18)9-7-11/h2-9H,10H2,1H3. The van der Waals surface area contributed by atoms with E-state index in [1.54, 1.807) is 13.2 Å². The summed E-state index contributed by atoms with van der Waals surface area (Å²) in [6.07, 6.45) is 0. The van der Waals surface area contributed by atoms with Crippen LogP contribution in [0.5, 0.6) is 5.75 Å². The number of rotatable bonds is 6. The third kappa shape index (κ3) is 3.62. The van der Waals surface area contributed by atoms with Crippen molar-refractivity contribution in [3.05, 3.63) is 59.9 Å². The molecule has 0 bridgehead atoms. The fraction of sp³-hybridized carbons (Fsp3) is 0.118. The van der Waals surface area contributed by atoms with E-state index in [-0.39, 0.29) is 22.6 Å². The molecular weight excluding hydrogens is 331 g/mol. The van der Waals surface area contributed by atoms with E-state index in [4.69, 9.17) is 9.15 Å². The number of hydrogen-bond acceptors (Lipinski definition) is 6. The molecule has 7 heteroatoms. The molecule has 0 N–H and O–H groups in total. The molecule has 0 saturated carbocycles. The molecule has 0 aliphatic carbocycles. The third-order valence-corrected chi connectivity index (χ3v) is 4.06. The highest BCUT2D eigenvalue weighted by Gasteiger charge is 2.15. The predicted molar refractivity (Wildman–Crippen MR) is 87.7 cm³/mol. The molecule has 2 aromatic carbocycles. The van der Waals surface area contributed by atoms with Gasteiger partial charge in [-0.05, 0) is 36.4 Å². The lowest BCUT2D eigenvalue weighted by Gasteiger charge is -2.03. The topological polar surface area (TPSA) is 65.2 Å². The molecule has 5 nitrogen and oxygen atoms in total. The molecule has 0 spiro atoms. The minimum Gasteiger partial charge on any atom is -0.496 e. The number of methoxy groups -OCH3 is 1. The van der Waals surface area contributed by atoms with Gasteiger partial charge in [-0.1, -0.05) is 23.9 Å². The Morgan fingerprint density at radius 1 is 1.17 bits per heavy atom. The molecule has 0 amide bonds. The molecule has 0 atom stereocenters. The Morgan fingerprint density at radius 3 is 2.67 bits per heavy atom. The van der Waals surface area contributed by atoms with Gasteiger partial charge in [0.05, 0.1) is 18.4 Å². The number of para-hydroxylation sites is 1. The van der Waals surface area contributed by atoms with Gasteiger partial charge in [-0.25, -0.2) is 4.39 Å². The van der Waals surface area contributed by atoms with E-state index < -0.39 is 0 Å². The number of Topliss-reactive ketones (excluding diaryl/α,β-unsaturated/α-hetero) is 1. The fourth-order valence-electron chi connectivity index (χ4n) is 2.04. The zero-order valence-corrected chi connectivity index (χ0v) is 13.5. The molecular formula is C17H13FN2O3S. The highest BCUT2D eigenvalue weighted by atomic mass is 32.2. The lowest BCUT2D eigenvalue weighted by Crippen LogP contribution is -2.02. The van der Waals surface area contributed by atoms with Gasteiger partial charge in [0, 0.05) is 5.56 Å². The molecule has 3 aromatic rings. The SMILES string of the molecule is COc1ccccc1-c1nnc(SCC(=O)c2ccc(F)cc2)o1. The smallest absolute Gasteiger partial charge is 0.277 e. The number of carbonyl (C=O) groups excluding carboxylic acids is 1. The highest BCUT2D eigenvalue weighted by molar-refractivity contribution is 7.99. The Balaban J connectivity index is 1.68. The molecule has 3 rings (SSSR count). The van der Waals surface area contributed by atoms with Crippen LogP contribution >= 0.6 is 11.8 Å². The number of thioether (sulfide) groups is 1. The van der Waals surface area contributed by atoms with E-state index in [1.807, 2.05) is 18.2 Å². The van der Waals surface area contributed by atoms with Crippen LogP contribution in [0.15, 0.2) is 58.2 Å². The van der Waals surface area contributed by atoms with Gasteiger partial charge in [0.25, 0.3) is 11.1 Å². The quantitative estimate of drug-likeness (QED) is 0.500. The normalized spacial score (nSPS) is 10.6. The van der Waals surface area contributed by atoms with E-state index in [0.29, 0.717) is 22.8 Å². The van der Waals surface area contributed by atoms with Crippen LogP contribution in [-0.2, 0) is 0 Å². The highest BCUT2D eigenvalue weighted by Crippen LogP contribution is 2.30. The Hall–Kier alpha value is -2.67. The van der Waals surface area contributed by atoms with Crippen molar-refractivity contribution in [3.8, 4) is 17.2 Å². The summed E-state index contributed by atoms with van der Waals surface area (Å²) in [7, 11) is 1.56.